The van der Waals surface area contributed by atoms with Crippen LogP contribution in [-0.4, -0.2) is 24.2 Å². The Bertz CT molecular complexity index is 643. The molecule has 4 heteroatoms. The van der Waals surface area contributed by atoms with Gasteiger partial charge in [0.2, 0.25) is 0 Å². The molecule has 0 spiro atoms. The van der Waals surface area contributed by atoms with Crippen molar-refractivity contribution in [2.45, 2.75) is 25.7 Å². The normalized spacial score (nSPS) is 17.0. The van der Waals surface area contributed by atoms with Crippen LogP contribution in [0.2, 0.25) is 0 Å². The van der Waals surface area contributed by atoms with Gasteiger partial charge in [-0.05, 0) is 23.7 Å². The van der Waals surface area contributed by atoms with Crippen molar-refractivity contribution < 1.29 is 9.53 Å². The van der Waals surface area contributed by atoms with Crippen LogP contribution in [0, 0.1) is 0 Å². The Kier molecular flexibility index (Phi) is 4.39. The van der Waals surface area contributed by atoms with Crippen molar-refractivity contribution in [2.24, 2.45) is 0 Å². The largest absolute Gasteiger partial charge is 0.444 e. The Morgan fingerprint density at radius 2 is 1.82 bits per heavy atom. The van der Waals surface area contributed by atoms with Crippen molar-refractivity contribution in [3.8, 4) is 0 Å². The Morgan fingerprint density at radius 1 is 1.14 bits per heavy atom. The predicted octanol–water partition coefficient (Wildman–Crippen LogP) is 2.93. The van der Waals surface area contributed by atoms with Gasteiger partial charge in [0, 0.05) is 6.42 Å². The molecule has 0 radical (unpaired) electrons. The van der Waals surface area contributed by atoms with Crippen LogP contribution in [0.1, 0.15) is 16.7 Å². The summed E-state index contributed by atoms with van der Waals surface area (Å²) in [5.74, 6) is 0. The van der Waals surface area contributed by atoms with E-state index in [2.05, 4.69) is 17.4 Å². The number of nitrogens with one attached hydrogen (secondary N) is 1. The number of likely N-dealkylation sites (N-methyl/N-ethyl adjacent to an activating group) is 1. The minimum Gasteiger partial charge on any atom is -0.444 e. The number of hydrogen-bond acceptors (Lipinski definition) is 3. The molecule has 1 heterocycles. The molecule has 22 heavy (non-hydrogen) atoms. The summed E-state index contributed by atoms with van der Waals surface area (Å²) in [6.45, 7) is 0.879. The summed E-state index contributed by atoms with van der Waals surface area (Å²) in [5.41, 5.74) is 3.47. The molecular formula is C18H20N2O2. The monoisotopic (exact) mass is 296 g/mol. The van der Waals surface area contributed by atoms with Crippen LogP contribution in [0.15, 0.2) is 54.6 Å². The Labute approximate surface area is 130 Å². The fourth-order valence-electron chi connectivity index (χ4n) is 2.77. The second-order valence-corrected chi connectivity index (χ2v) is 5.45. The third-order valence-corrected chi connectivity index (χ3v) is 4.02. The molecule has 1 N–H and O–H groups in total. The van der Waals surface area contributed by atoms with Crippen LogP contribution in [-0.2, 0) is 24.3 Å². The molecule has 0 bridgehead atoms. The van der Waals surface area contributed by atoms with Crippen LogP contribution in [0.5, 0.6) is 0 Å². The first kappa shape index (κ1) is 14.6. The van der Waals surface area contributed by atoms with E-state index in [-0.39, 0.29) is 12.3 Å². The number of benzene rings is 2. The van der Waals surface area contributed by atoms with Crippen LogP contribution in [0.4, 0.5) is 4.79 Å². The number of fused-ring (bicyclic) bond motifs is 1. The van der Waals surface area contributed by atoms with Crippen LogP contribution in [0.3, 0.4) is 0 Å². The lowest BCUT2D eigenvalue weighted by Crippen LogP contribution is -2.51. The molecule has 0 unspecified atom stereocenters. The average molecular weight is 296 g/mol. The summed E-state index contributed by atoms with van der Waals surface area (Å²) < 4.78 is 5.46. The fraction of sp³-hybridized carbons (Fsp3) is 0.278. The highest BCUT2D eigenvalue weighted by Gasteiger charge is 2.29. The van der Waals surface area contributed by atoms with Crippen molar-refractivity contribution in [2.75, 3.05) is 7.05 Å². The van der Waals surface area contributed by atoms with E-state index in [1.54, 1.807) is 4.90 Å². The quantitative estimate of drug-likeness (QED) is 0.947. The van der Waals surface area contributed by atoms with Crippen molar-refractivity contribution >= 4 is 6.09 Å². The molecule has 1 aliphatic heterocycles. The third kappa shape index (κ3) is 3.12. The number of amides is 1. The topological polar surface area (TPSA) is 41.6 Å². The van der Waals surface area contributed by atoms with Gasteiger partial charge in [-0.25, -0.2) is 4.79 Å². The SMILES string of the molecule is CN[C@@H]1Cc2ccccc2CN1C(=O)OCc1ccccc1. The number of hydrogen-bond donors (Lipinski definition) is 1. The van der Waals surface area contributed by atoms with Crippen molar-refractivity contribution in [3.05, 3.63) is 71.3 Å². The minimum absolute atomic E-state index is 0.0295. The smallest absolute Gasteiger partial charge is 0.411 e. The number of carbonyl (C=O) groups excluding carboxylic acids is 1. The molecule has 0 saturated heterocycles. The van der Waals surface area contributed by atoms with Crippen molar-refractivity contribution in [3.63, 3.8) is 0 Å². The zero-order chi connectivity index (χ0) is 15.4. The maximum Gasteiger partial charge on any atom is 0.411 e. The third-order valence-electron chi connectivity index (χ3n) is 4.02. The Morgan fingerprint density at radius 3 is 2.55 bits per heavy atom. The molecule has 1 atom stereocenters. The summed E-state index contributed by atoms with van der Waals surface area (Å²) in [4.78, 5) is 14.2. The predicted molar refractivity (Wildman–Crippen MR) is 85.2 cm³/mol. The van der Waals surface area contributed by atoms with Crippen LogP contribution < -0.4 is 5.32 Å². The molecule has 0 saturated carbocycles. The summed E-state index contributed by atoms with van der Waals surface area (Å²) in [6.07, 6.45) is 0.489. The second kappa shape index (κ2) is 6.62. The maximum absolute atomic E-state index is 12.4. The van der Waals surface area contributed by atoms with Gasteiger partial charge in [0.25, 0.3) is 0 Å². The summed E-state index contributed by atoms with van der Waals surface area (Å²) >= 11 is 0. The minimum atomic E-state index is -0.280. The van der Waals surface area contributed by atoms with E-state index in [1.807, 2.05) is 49.5 Å². The van der Waals surface area contributed by atoms with E-state index >= 15 is 0 Å². The Balaban J connectivity index is 1.68. The van der Waals surface area contributed by atoms with E-state index < -0.39 is 0 Å². The number of carbonyl (C=O) groups is 1. The maximum atomic E-state index is 12.4. The second-order valence-electron chi connectivity index (χ2n) is 5.45. The van der Waals surface area contributed by atoms with Gasteiger partial charge in [-0.1, -0.05) is 54.6 Å². The summed E-state index contributed by atoms with van der Waals surface area (Å²) in [6, 6.07) is 18.0. The first-order valence-corrected chi connectivity index (χ1v) is 7.49. The van der Waals surface area contributed by atoms with E-state index in [1.165, 1.54) is 11.1 Å². The fourth-order valence-corrected chi connectivity index (χ4v) is 2.77. The van der Waals surface area contributed by atoms with Gasteiger partial charge in [0.15, 0.2) is 0 Å². The lowest BCUT2D eigenvalue weighted by molar-refractivity contribution is 0.0672. The zero-order valence-electron chi connectivity index (χ0n) is 12.7. The van der Waals surface area contributed by atoms with Gasteiger partial charge in [-0.3, -0.25) is 10.2 Å². The van der Waals surface area contributed by atoms with Crippen molar-refractivity contribution in [1.29, 1.82) is 0 Å². The first-order valence-electron chi connectivity index (χ1n) is 7.49. The van der Waals surface area contributed by atoms with E-state index in [0.717, 1.165) is 12.0 Å². The standard InChI is InChI=1S/C18H20N2O2/c1-19-17-11-15-9-5-6-10-16(15)12-20(17)18(21)22-13-14-7-3-2-4-8-14/h2-10,17,19H,11-13H2,1H3/t17-/m0/s1. The molecule has 114 valence electrons. The summed E-state index contributed by atoms with van der Waals surface area (Å²) in [5, 5.41) is 3.20. The number of nitrogens with zero attached hydrogens (tertiary/aromatic N) is 1. The highest BCUT2D eigenvalue weighted by atomic mass is 16.6. The lowest BCUT2D eigenvalue weighted by atomic mass is 9.98. The van der Waals surface area contributed by atoms with Crippen molar-refractivity contribution in [1.82, 2.24) is 10.2 Å². The molecule has 1 aliphatic rings. The van der Waals surface area contributed by atoms with E-state index in [4.69, 9.17) is 4.74 Å². The highest BCUT2D eigenvalue weighted by Crippen LogP contribution is 2.22. The molecular weight excluding hydrogens is 276 g/mol. The molecule has 2 aromatic carbocycles. The van der Waals surface area contributed by atoms with Crippen LogP contribution >= 0.6 is 0 Å². The van der Waals surface area contributed by atoms with Gasteiger partial charge < -0.3 is 4.74 Å². The van der Waals surface area contributed by atoms with Crippen LogP contribution in [0.25, 0.3) is 0 Å². The molecule has 0 aliphatic carbocycles. The molecule has 4 nitrogen and oxygen atoms in total. The summed E-state index contributed by atoms with van der Waals surface area (Å²) in [7, 11) is 1.87. The molecule has 2 aromatic rings. The number of rotatable bonds is 3. The van der Waals surface area contributed by atoms with Gasteiger partial charge >= 0.3 is 6.09 Å². The van der Waals surface area contributed by atoms with E-state index in [9.17, 15) is 4.79 Å². The molecule has 1 amide bonds. The first-order chi connectivity index (χ1) is 10.8. The average Bonchev–Trinajstić information content (AvgIpc) is 2.59. The molecule has 0 aromatic heterocycles. The van der Waals surface area contributed by atoms with Gasteiger partial charge in [-0.2, -0.15) is 0 Å². The van der Waals surface area contributed by atoms with E-state index in [0.29, 0.717) is 13.2 Å². The van der Waals surface area contributed by atoms with Gasteiger partial charge in [0.1, 0.15) is 6.61 Å². The zero-order valence-corrected chi connectivity index (χ0v) is 12.7. The van der Waals surface area contributed by atoms with Gasteiger partial charge in [0.05, 0.1) is 12.7 Å². The molecule has 0 fully saturated rings. The molecule has 3 rings (SSSR count). The Hall–Kier alpha value is -2.33. The lowest BCUT2D eigenvalue weighted by Gasteiger charge is -2.35. The van der Waals surface area contributed by atoms with Gasteiger partial charge in [-0.15, -0.1) is 0 Å². The number of ether oxygens (including phenoxy) is 1. The highest BCUT2D eigenvalue weighted by molar-refractivity contribution is 5.68.